The maximum Gasteiger partial charge on any atom is 0.195 e. The highest BCUT2D eigenvalue weighted by atomic mass is 127. The van der Waals surface area contributed by atoms with Crippen LogP contribution in [-0.4, -0.2) is 75.6 Å². The lowest BCUT2D eigenvalue weighted by atomic mass is 10.0. The normalized spacial score (nSPS) is 15.7. The highest BCUT2D eigenvalue weighted by Gasteiger charge is 2.25. The molecule has 0 saturated carbocycles. The lowest BCUT2D eigenvalue weighted by Crippen LogP contribution is -2.38. The van der Waals surface area contributed by atoms with E-state index in [-0.39, 0.29) is 30.0 Å². The Morgan fingerprint density at radius 1 is 1.08 bits per heavy atom. The van der Waals surface area contributed by atoms with Gasteiger partial charge in [-0.05, 0) is 32.0 Å². The molecular formula is C19H33IN4O. The fourth-order valence-corrected chi connectivity index (χ4v) is 3.43. The summed E-state index contributed by atoms with van der Waals surface area (Å²) in [5.41, 5.74) is 1.24. The molecule has 1 saturated heterocycles. The van der Waals surface area contributed by atoms with Crippen LogP contribution in [0.4, 0.5) is 0 Å². The molecule has 5 nitrogen and oxygen atoms in total. The largest absolute Gasteiger partial charge is 0.496 e. The molecule has 1 aromatic rings. The molecule has 0 bridgehead atoms. The Balaban J connectivity index is 0.00000312. The second-order valence-corrected chi connectivity index (χ2v) is 6.78. The zero-order valence-corrected chi connectivity index (χ0v) is 18.6. The van der Waals surface area contributed by atoms with E-state index in [2.05, 4.69) is 32.9 Å². The van der Waals surface area contributed by atoms with Crippen molar-refractivity contribution >= 4 is 29.9 Å². The van der Waals surface area contributed by atoms with Crippen LogP contribution in [0.3, 0.4) is 0 Å². The Kier molecular flexibility index (Phi) is 9.56. The zero-order chi connectivity index (χ0) is 17.5. The Morgan fingerprint density at radius 2 is 1.68 bits per heavy atom. The number of para-hydroxylation sites is 1. The van der Waals surface area contributed by atoms with Gasteiger partial charge in [0.25, 0.3) is 0 Å². The second-order valence-electron chi connectivity index (χ2n) is 6.78. The van der Waals surface area contributed by atoms with Gasteiger partial charge in [-0.3, -0.25) is 9.89 Å². The standard InChI is InChI=1S/C19H32N4O.HI/c1-21(2)19(22(3)4)20-15-17(23-13-9-6-10-14-23)16-11-7-8-12-18(16)24-5;/h7-8,11-12,17H,6,9-10,13-15H2,1-5H3;1H. The monoisotopic (exact) mass is 460 g/mol. The van der Waals surface area contributed by atoms with Crippen LogP contribution in [-0.2, 0) is 0 Å². The molecule has 1 aliphatic heterocycles. The van der Waals surface area contributed by atoms with Crippen molar-refractivity contribution in [2.45, 2.75) is 25.3 Å². The molecule has 1 fully saturated rings. The molecule has 0 spiro atoms. The molecule has 2 rings (SSSR count). The molecule has 0 aromatic heterocycles. The molecule has 1 unspecified atom stereocenters. The van der Waals surface area contributed by atoms with E-state index in [4.69, 9.17) is 9.73 Å². The molecule has 25 heavy (non-hydrogen) atoms. The van der Waals surface area contributed by atoms with Crippen molar-refractivity contribution in [1.82, 2.24) is 14.7 Å². The Labute approximate surface area is 170 Å². The number of rotatable bonds is 5. The molecule has 1 heterocycles. The average Bonchev–Trinajstić information content (AvgIpc) is 2.59. The highest BCUT2D eigenvalue weighted by molar-refractivity contribution is 14.0. The van der Waals surface area contributed by atoms with E-state index in [0.717, 1.165) is 31.3 Å². The van der Waals surface area contributed by atoms with E-state index < -0.39 is 0 Å². The molecule has 0 aliphatic carbocycles. The molecule has 1 atom stereocenters. The number of hydrogen-bond acceptors (Lipinski definition) is 3. The van der Waals surface area contributed by atoms with Crippen molar-refractivity contribution in [2.75, 3.05) is 54.9 Å². The van der Waals surface area contributed by atoms with Crippen LogP contribution in [0.2, 0.25) is 0 Å². The highest BCUT2D eigenvalue weighted by Crippen LogP contribution is 2.31. The fraction of sp³-hybridized carbons (Fsp3) is 0.632. The first kappa shape index (κ1) is 22.0. The maximum absolute atomic E-state index is 5.62. The minimum atomic E-state index is 0. The van der Waals surface area contributed by atoms with Crippen LogP contribution in [0, 0.1) is 0 Å². The quantitative estimate of drug-likeness (QED) is 0.384. The van der Waals surface area contributed by atoms with E-state index in [1.807, 2.05) is 34.3 Å². The van der Waals surface area contributed by atoms with Gasteiger partial charge in [0.1, 0.15) is 5.75 Å². The average molecular weight is 460 g/mol. The van der Waals surface area contributed by atoms with Crippen molar-refractivity contribution in [3.63, 3.8) is 0 Å². The van der Waals surface area contributed by atoms with Gasteiger partial charge in [0.2, 0.25) is 0 Å². The number of aliphatic imine (C=N–C) groups is 1. The number of hydrogen-bond donors (Lipinski definition) is 0. The summed E-state index contributed by atoms with van der Waals surface area (Å²) in [5.74, 6) is 1.95. The summed E-state index contributed by atoms with van der Waals surface area (Å²) in [6.07, 6.45) is 3.87. The third kappa shape index (κ3) is 6.02. The van der Waals surface area contributed by atoms with E-state index in [9.17, 15) is 0 Å². The third-order valence-corrected chi connectivity index (χ3v) is 4.53. The van der Waals surface area contributed by atoms with Gasteiger partial charge in [-0.15, -0.1) is 24.0 Å². The van der Waals surface area contributed by atoms with E-state index in [0.29, 0.717) is 0 Å². The van der Waals surface area contributed by atoms with Gasteiger partial charge in [0, 0.05) is 33.8 Å². The summed E-state index contributed by atoms with van der Waals surface area (Å²) in [7, 11) is 9.91. The number of halogens is 1. The summed E-state index contributed by atoms with van der Waals surface area (Å²) in [6.45, 7) is 3.01. The first-order chi connectivity index (χ1) is 11.5. The predicted molar refractivity (Wildman–Crippen MR) is 116 cm³/mol. The first-order valence-electron chi connectivity index (χ1n) is 8.80. The van der Waals surface area contributed by atoms with Crippen molar-refractivity contribution in [3.8, 4) is 5.75 Å². The zero-order valence-electron chi connectivity index (χ0n) is 16.2. The number of piperidine rings is 1. The number of ether oxygens (including phenoxy) is 1. The van der Waals surface area contributed by atoms with Crippen LogP contribution in [0.1, 0.15) is 30.9 Å². The van der Waals surface area contributed by atoms with Crippen molar-refractivity contribution < 1.29 is 4.74 Å². The number of guanidine groups is 1. The lowest BCUT2D eigenvalue weighted by molar-refractivity contribution is 0.164. The lowest BCUT2D eigenvalue weighted by Gasteiger charge is -2.35. The Hall–Kier alpha value is -1.02. The van der Waals surface area contributed by atoms with Crippen LogP contribution in [0.25, 0.3) is 0 Å². The van der Waals surface area contributed by atoms with Gasteiger partial charge >= 0.3 is 0 Å². The van der Waals surface area contributed by atoms with E-state index >= 15 is 0 Å². The summed E-state index contributed by atoms with van der Waals surface area (Å²) in [5, 5.41) is 0. The summed E-state index contributed by atoms with van der Waals surface area (Å²) in [6, 6.07) is 8.62. The third-order valence-electron chi connectivity index (χ3n) is 4.53. The van der Waals surface area contributed by atoms with Crippen LogP contribution in [0.15, 0.2) is 29.3 Å². The molecule has 6 heteroatoms. The van der Waals surface area contributed by atoms with E-state index in [1.165, 1.54) is 24.8 Å². The van der Waals surface area contributed by atoms with Crippen LogP contribution in [0.5, 0.6) is 5.75 Å². The van der Waals surface area contributed by atoms with Gasteiger partial charge in [-0.25, -0.2) is 0 Å². The Bertz CT molecular complexity index is 532. The van der Waals surface area contributed by atoms with Gasteiger partial charge in [-0.1, -0.05) is 24.6 Å². The van der Waals surface area contributed by atoms with Crippen LogP contribution < -0.4 is 4.74 Å². The second kappa shape index (κ2) is 10.9. The number of methoxy groups -OCH3 is 1. The maximum atomic E-state index is 5.62. The fourth-order valence-electron chi connectivity index (χ4n) is 3.43. The molecule has 142 valence electrons. The smallest absolute Gasteiger partial charge is 0.195 e. The summed E-state index contributed by atoms with van der Waals surface area (Å²) >= 11 is 0. The van der Waals surface area contributed by atoms with Crippen molar-refractivity contribution in [1.29, 1.82) is 0 Å². The number of nitrogens with zero attached hydrogens (tertiary/aromatic N) is 4. The van der Waals surface area contributed by atoms with Gasteiger partial charge in [-0.2, -0.15) is 0 Å². The van der Waals surface area contributed by atoms with Crippen LogP contribution >= 0.6 is 24.0 Å². The predicted octanol–water partition coefficient (Wildman–Crippen LogP) is 3.32. The molecular weight excluding hydrogens is 427 g/mol. The number of benzene rings is 1. The van der Waals surface area contributed by atoms with Gasteiger partial charge in [0.15, 0.2) is 5.96 Å². The molecule has 1 aromatic carbocycles. The van der Waals surface area contributed by atoms with Crippen molar-refractivity contribution in [3.05, 3.63) is 29.8 Å². The summed E-state index contributed by atoms with van der Waals surface area (Å²) < 4.78 is 5.62. The minimum Gasteiger partial charge on any atom is -0.496 e. The summed E-state index contributed by atoms with van der Waals surface area (Å²) in [4.78, 5) is 11.6. The minimum absolute atomic E-state index is 0. The SMILES string of the molecule is COc1ccccc1C(CN=C(N(C)C)N(C)C)N1CCCCC1.I. The molecule has 0 radical (unpaired) electrons. The number of likely N-dealkylation sites (tertiary alicyclic amines) is 1. The Morgan fingerprint density at radius 3 is 2.24 bits per heavy atom. The first-order valence-corrected chi connectivity index (χ1v) is 8.80. The van der Waals surface area contributed by atoms with Gasteiger partial charge < -0.3 is 14.5 Å². The van der Waals surface area contributed by atoms with Crippen molar-refractivity contribution in [2.24, 2.45) is 4.99 Å². The van der Waals surface area contributed by atoms with E-state index in [1.54, 1.807) is 7.11 Å². The molecule has 0 N–H and O–H groups in total. The topological polar surface area (TPSA) is 31.3 Å². The molecule has 0 amide bonds. The molecule has 1 aliphatic rings. The van der Waals surface area contributed by atoms with Gasteiger partial charge in [0.05, 0.1) is 19.7 Å².